The largest absolute Gasteiger partial charge is 0.543 e. The minimum absolute atomic E-state index is 0.00533. The van der Waals surface area contributed by atoms with Gasteiger partial charge in [-0.15, -0.1) is 0 Å². The van der Waals surface area contributed by atoms with Crippen LogP contribution in [-0.2, 0) is 16.0 Å². The number of hydrogen-bond donors (Lipinski definition) is 3. The van der Waals surface area contributed by atoms with Crippen LogP contribution in [0.3, 0.4) is 0 Å². The Morgan fingerprint density at radius 2 is 1.94 bits per heavy atom. The molecule has 5 N–H and O–H groups in total. The minimum atomic E-state index is -1.42. The van der Waals surface area contributed by atoms with E-state index in [1.54, 1.807) is 6.92 Å². The Morgan fingerprint density at radius 3 is 2.61 bits per heavy atom. The number of aliphatic imine (C=N–C) groups is 1. The molecule has 0 aliphatic carbocycles. The summed E-state index contributed by atoms with van der Waals surface area (Å²) in [6.07, 6.45) is -0.213. The third-order valence-corrected chi connectivity index (χ3v) is 6.54. The summed E-state index contributed by atoms with van der Waals surface area (Å²) < 4.78 is 6.09. The highest BCUT2D eigenvalue weighted by molar-refractivity contribution is 5.99. The number of guanidine groups is 1. The van der Waals surface area contributed by atoms with Crippen LogP contribution in [-0.4, -0.2) is 53.1 Å². The molecule has 2 aliphatic heterocycles. The Balaban J connectivity index is 1.60. The van der Waals surface area contributed by atoms with Crippen molar-refractivity contribution < 1.29 is 24.5 Å². The van der Waals surface area contributed by atoms with Crippen LogP contribution in [0.4, 0.5) is 0 Å². The quantitative estimate of drug-likeness (QED) is 0.287. The molecule has 1 saturated heterocycles. The first-order chi connectivity index (χ1) is 15.7. The zero-order chi connectivity index (χ0) is 23.9. The maximum Gasteiger partial charge on any atom is 0.235 e. The molecule has 0 aromatic heterocycles. The molecule has 2 heterocycles. The van der Waals surface area contributed by atoms with Crippen molar-refractivity contribution in [1.82, 2.24) is 4.90 Å². The van der Waals surface area contributed by atoms with Gasteiger partial charge in [0.25, 0.3) is 0 Å². The summed E-state index contributed by atoms with van der Waals surface area (Å²) in [6, 6.07) is 11.1. The lowest BCUT2D eigenvalue weighted by Crippen LogP contribution is -2.64. The normalized spacial score (nSPS) is 22.7. The third kappa shape index (κ3) is 3.89. The molecule has 0 unspecified atom stereocenters. The summed E-state index contributed by atoms with van der Waals surface area (Å²) in [7, 11) is 0. The molecule has 0 radical (unpaired) electrons. The minimum Gasteiger partial charge on any atom is -0.543 e. The van der Waals surface area contributed by atoms with Crippen molar-refractivity contribution in [2.75, 3.05) is 13.2 Å². The molecule has 9 heteroatoms. The summed E-state index contributed by atoms with van der Waals surface area (Å²) in [5.74, 6) is -2.08. The fourth-order valence-electron chi connectivity index (χ4n) is 4.97. The monoisotopic (exact) mass is 451 g/mol. The van der Waals surface area contributed by atoms with Gasteiger partial charge < -0.3 is 36.1 Å². The lowest BCUT2D eigenvalue weighted by atomic mass is 9.78. The average Bonchev–Trinajstić information content (AvgIpc) is 3.00. The van der Waals surface area contributed by atoms with Crippen molar-refractivity contribution in [3.63, 3.8) is 0 Å². The predicted molar refractivity (Wildman–Crippen MR) is 121 cm³/mol. The lowest BCUT2D eigenvalue weighted by Gasteiger charge is -2.47. The molecule has 33 heavy (non-hydrogen) atoms. The molecule has 4 rings (SSSR count). The Morgan fingerprint density at radius 1 is 1.24 bits per heavy atom. The van der Waals surface area contributed by atoms with E-state index in [2.05, 4.69) is 4.99 Å². The molecule has 174 valence electrons. The van der Waals surface area contributed by atoms with Gasteiger partial charge in [-0.3, -0.25) is 9.79 Å². The number of hydrogen-bond acceptors (Lipinski definition) is 6. The van der Waals surface area contributed by atoms with Crippen molar-refractivity contribution in [3.8, 4) is 5.75 Å². The zero-order valence-electron chi connectivity index (χ0n) is 18.5. The highest BCUT2D eigenvalue weighted by Gasteiger charge is 2.58. The molecule has 9 nitrogen and oxygen atoms in total. The number of carbonyl (C=O) groups is 2. The van der Waals surface area contributed by atoms with E-state index >= 15 is 0 Å². The number of aliphatic hydroxyl groups is 1. The topological polar surface area (TPSA) is 154 Å². The van der Waals surface area contributed by atoms with Gasteiger partial charge in [0.1, 0.15) is 12.4 Å². The van der Waals surface area contributed by atoms with Gasteiger partial charge >= 0.3 is 0 Å². The van der Waals surface area contributed by atoms with E-state index in [1.165, 1.54) is 4.90 Å². The van der Waals surface area contributed by atoms with E-state index < -0.39 is 29.9 Å². The molecule has 2 aromatic rings. The number of benzene rings is 2. The van der Waals surface area contributed by atoms with E-state index in [0.29, 0.717) is 24.3 Å². The Hall–Kier alpha value is -3.59. The fraction of sp³-hybridized carbons (Fsp3) is 0.375. The molecule has 1 fully saturated rings. The SMILES string of the molecule is C[C@@H](O)[C@H]1C(=O)N2C(C(=O)[O-])=C(COc3cccc4c(CCN=C(N)N)cccc34)[C@H](C)[C@H]12. The standard InChI is InChI=1S/C24H28N4O5/c1-12-17(21(23(31)32)28-20(12)19(13(2)29)22(28)30)11-33-18-8-4-6-15-14(5-3-7-16(15)18)9-10-27-24(25)26/h3-8,12-13,19-20,29H,9-11H2,1-2H3,(H,31,32)(H4,25,26,27)/p-1/t12-,13+,19+,20+/m0/s1. The molecular weight excluding hydrogens is 424 g/mol. The number of nitrogens with zero attached hydrogens (tertiary/aromatic N) is 2. The van der Waals surface area contributed by atoms with E-state index in [9.17, 15) is 19.8 Å². The van der Waals surface area contributed by atoms with Gasteiger partial charge in [0.15, 0.2) is 5.96 Å². The van der Waals surface area contributed by atoms with E-state index in [0.717, 1.165) is 16.3 Å². The van der Waals surface area contributed by atoms with Gasteiger partial charge in [0.2, 0.25) is 5.91 Å². The Kier molecular flexibility index (Phi) is 5.99. The Labute approximate surface area is 191 Å². The maximum absolute atomic E-state index is 12.5. The van der Waals surface area contributed by atoms with Gasteiger partial charge in [-0.1, -0.05) is 37.3 Å². The first-order valence-electron chi connectivity index (χ1n) is 10.9. The number of fused-ring (bicyclic) bond motifs is 2. The van der Waals surface area contributed by atoms with Crippen LogP contribution in [0, 0.1) is 11.8 Å². The number of aliphatic carboxylic acids is 1. The summed E-state index contributed by atoms with van der Waals surface area (Å²) in [5.41, 5.74) is 12.2. The number of carboxylic acids is 1. The molecule has 0 bridgehead atoms. The molecule has 4 atom stereocenters. The summed E-state index contributed by atoms with van der Waals surface area (Å²) in [6.45, 7) is 3.84. The van der Waals surface area contributed by atoms with Crippen molar-refractivity contribution in [2.24, 2.45) is 28.3 Å². The van der Waals surface area contributed by atoms with Crippen molar-refractivity contribution in [3.05, 3.63) is 53.2 Å². The van der Waals surface area contributed by atoms with E-state index in [1.807, 2.05) is 43.3 Å². The second kappa shape index (κ2) is 8.74. The molecule has 2 aromatic carbocycles. The van der Waals surface area contributed by atoms with Crippen LogP contribution >= 0.6 is 0 Å². The second-order valence-electron chi connectivity index (χ2n) is 8.53. The lowest BCUT2D eigenvalue weighted by molar-refractivity contribution is -0.301. The van der Waals surface area contributed by atoms with E-state index in [4.69, 9.17) is 16.2 Å². The van der Waals surface area contributed by atoms with Crippen molar-refractivity contribution >= 4 is 28.6 Å². The summed E-state index contributed by atoms with van der Waals surface area (Å²) >= 11 is 0. The molecule has 0 saturated carbocycles. The number of rotatable bonds is 8. The smallest absolute Gasteiger partial charge is 0.235 e. The molecule has 2 aliphatic rings. The predicted octanol–water partition coefficient (Wildman–Crippen LogP) is -0.104. The third-order valence-electron chi connectivity index (χ3n) is 6.54. The van der Waals surface area contributed by atoms with Crippen LogP contribution in [0.15, 0.2) is 52.7 Å². The maximum atomic E-state index is 12.5. The van der Waals surface area contributed by atoms with E-state index in [-0.39, 0.29) is 24.2 Å². The highest BCUT2D eigenvalue weighted by Crippen LogP contribution is 2.47. The van der Waals surface area contributed by atoms with Crippen LogP contribution in [0.25, 0.3) is 10.8 Å². The molecule has 1 amide bonds. The number of amides is 1. The van der Waals surface area contributed by atoms with Gasteiger partial charge in [0.05, 0.1) is 29.7 Å². The van der Waals surface area contributed by atoms with Crippen molar-refractivity contribution in [1.29, 1.82) is 0 Å². The second-order valence-corrected chi connectivity index (χ2v) is 8.53. The average molecular weight is 452 g/mol. The number of carboxylic acid groups (broad SMARTS) is 1. The van der Waals surface area contributed by atoms with Crippen LogP contribution in [0.2, 0.25) is 0 Å². The summed E-state index contributed by atoms with van der Waals surface area (Å²) in [4.78, 5) is 29.6. The van der Waals surface area contributed by atoms with Crippen LogP contribution in [0.1, 0.15) is 19.4 Å². The Bertz CT molecular complexity index is 1170. The zero-order valence-corrected chi connectivity index (χ0v) is 18.5. The van der Waals surface area contributed by atoms with Gasteiger partial charge in [-0.05, 0) is 35.9 Å². The number of nitrogens with two attached hydrogens (primary N) is 2. The molecule has 0 spiro atoms. The first kappa shape index (κ1) is 22.6. The van der Waals surface area contributed by atoms with Gasteiger partial charge in [-0.2, -0.15) is 0 Å². The first-order valence-corrected chi connectivity index (χ1v) is 10.9. The number of aliphatic hydroxyl groups excluding tert-OH is 1. The van der Waals surface area contributed by atoms with Crippen LogP contribution < -0.4 is 21.3 Å². The van der Waals surface area contributed by atoms with Crippen molar-refractivity contribution in [2.45, 2.75) is 32.4 Å². The van der Waals surface area contributed by atoms with Crippen LogP contribution in [0.5, 0.6) is 5.75 Å². The fourth-order valence-corrected chi connectivity index (χ4v) is 4.97. The number of carbonyl (C=O) groups excluding carboxylic acids is 2. The molecular formula is C24H27N4O5-. The number of β-lactam (4-membered cyclic amide) rings is 1. The highest BCUT2D eigenvalue weighted by atomic mass is 16.5. The van der Waals surface area contributed by atoms with Gasteiger partial charge in [-0.25, -0.2) is 0 Å². The van der Waals surface area contributed by atoms with Gasteiger partial charge in [0, 0.05) is 17.8 Å². The number of ether oxygens (including phenoxy) is 1. The summed E-state index contributed by atoms with van der Waals surface area (Å²) in [5, 5.41) is 23.7.